The Morgan fingerprint density at radius 1 is 1.38 bits per heavy atom. The maximum Gasteiger partial charge on any atom is 0.0600 e. The van der Waals surface area contributed by atoms with Crippen LogP contribution in [0, 0.1) is 5.92 Å². The highest BCUT2D eigenvalue weighted by Crippen LogP contribution is 2.22. The summed E-state index contributed by atoms with van der Waals surface area (Å²) in [6, 6.07) is 0.331. The minimum atomic E-state index is -0.0594. The van der Waals surface area contributed by atoms with Gasteiger partial charge in [-0.3, -0.25) is 4.90 Å². The molecule has 3 nitrogen and oxygen atoms in total. The quantitative estimate of drug-likeness (QED) is 0.799. The van der Waals surface area contributed by atoms with Crippen LogP contribution < -0.4 is 0 Å². The van der Waals surface area contributed by atoms with Gasteiger partial charge in [0.15, 0.2) is 0 Å². The number of rotatable bonds is 4. The Labute approximate surface area is 99.8 Å². The molecular weight excluding hydrogens is 202 g/mol. The Kier molecular flexibility index (Phi) is 5.22. The minimum absolute atomic E-state index is 0.0594. The molecule has 1 fully saturated rings. The Hall–Kier alpha value is -0.120. The van der Waals surface area contributed by atoms with Crippen molar-refractivity contribution in [1.82, 2.24) is 4.90 Å². The summed E-state index contributed by atoms with van der Waals surface area (Å²) in [5.74, 6) is 0.605. The van der Waals surface area contributed by atoms with Crippen LogP contribution in [0.15, 0.2) is 0 Å². The zero-order valence-electron chi connectivity index (χ0n) is 11.2. The maximum absolute atomic E-state index is 9.41. The predicted octanol–water partition coefficient (Wildman–Crippen LogP) is 1.89. The van der Waals surface area contributed by atoms with Gasteiger partial charge < -0.3 is 9.84 Å². The normalized spacial score (nSPS) is 28.3. The molecule has 0 unspecified atom stereocenters. The van der Waals surface area contributed by atoms with Crippen LogP contribution >= 0.6 is 0 Å². The van der Waals surface area contributed by atoms with E-state index in [1.807, 2.05) is 0 Å². The fourth-order valence-electron chi connectivity index (χ4n) is 2.38. The molecule has 1 rings (SSSR count). The summed E-state index contributed by atoms with van der Waals surface area (Å²) in [5, 5.41) is 9.41. The molecule has 16 heavy (non-hydrogen) atoms. The van der Waals surface area contributed by atoms with Gasteiger partial charge in [-0.25, -0.2) is 0 Å². The fraction of sp³-hybridized carbons (Fsp3) is 1.00. The van der Waals surface area contributed by atoms with Crippen LogP contribution in [0.25, 0.3) is 0 Å². The average molecular weight is 229 g/mol. The third-order valence-electron chi connectivity index (χ3n) is 3.33. The van der Waals surface area contributed by atoms with Crippen molar-refractivity contribution in [1.29, 1.82) is 0 Å². The van der Waals surface area contributed by atoms with E-state index in [2.05, 4.69) is 32.6 Å². The monoisotopic (exact) mass is 229 g/mol. The van der Waals surface area contributed by atoms with Gasteiger partial charge in [0.1, 0.15) is 0 Å². The van der Waals surface area contributed by atoms with E-state index in [4.69, 9.17) is 4.74 Å². The van der Waals surface area contributed by atoms with Crippen LogP contribution in [-0.2, 0) is 4.74 Å². The topological polar surface area (TPSA) is 32.7 Å². The Morgan fingerprint density at radius 3 is 2.62 bits per heavy atom. The van der Waals surface area contributed by atoms with Crippen molar-refractivity contribution < 1.29 is 9.84 Å². The summed E-state index contributed by atoms with van der Waals surface area (Å²) in [6.45, 7) is 11.5. The lowest BCUT2D eigenvalue weighted by atomic mass is 9.91. The first kappa shape index (κ1) is 13.9. The molecule has 0 saturated carbocycles. The summed E-state index contributed by atoms with van der Waals surface area (Å²) in [7, 11) is 0. The van der Waals surface area contributed by atoms with Gasteiger partial charge in [-0.2, -0.15) is 0 Å². The zero-order valence-corrected chi connectivity index (χ0v) is 11.2. The Balaban J connectivity index is 2.34. The number of hydrogen-bond acceptors (Lipinski definition) is 3. The van der Waals surface area contributed by atoms with Gasteiger partial charge in [-0.05, 0) is 46.1 Å². The Bertz CT molecular complexity index is 201. The van der Waals surface area contributed by atoms with Crippen molar-refractivity contribution >= 4 is 0 Å². The number of hydrogen-bond donors (Lipinski definition) is 1. The zero-order chi connectivity index (χ0) is 12.2. The smallest absolute Gasteiger partial charge is 0.0600 e. The highest BCUT2D eigenvalue weighted by Gasteiger charge is 2.27. The van der Waals surface area contributed by atoms with Crippen molar-refractivity contribution in [3.8, 4) is 0 Å². The first-order valence-corrected chi connectivity index (χ1v) is 6.43. The largest absolute Gasteiger partial charge is 0.395 e. The molecule has 1 heterocycles. The molecule has 96 valence electrons. The molecule has 0 aromatic carbocycles. The molecule has 0 aliphatic carbocycles. The molecule has 0 aromatic rings. The van der Waals surface area contributed by atoms with Crippen molar-refractivity contribution in [2.24, 2.45) is 5.92 Å². The molecule has 0 aromatic heterocycles. The molecule has 1 N–H and O–H groups in total. The van der Waals surface area contributed by atoms with Crippen molar-refractivity contribution in [3.05, 3.63) is 0 Å². The van der Waals surface area contributed by atoms with Crippen LogP contribution in [0.3, 0.4) is 0 Å². The summed E-state index contributed by atoms with van der Waals surface area (Å²) in [4.78, 5) is 2.37. The summed E-state index contributed by atoms with van der Waals surface area (Å²) < 4.78 is 5.74. The van der Waals surface area contributed by atoms with E-state index in [1.165, 1.54) is 12.8 Å². The molecule has 1 aliphatic rings. The maximum atomic E-state index is 9.41. The number of ether oxygens (including phenoxy) is 1. The SMILES string of the molecule is C[C@H]1CCCN(CCOC(C)(C)C)[C@@H]1CO. The lowest BCUT2D eigenvalue weighted by Crippen LogP contribution is -2.48. The summed E-state index contributed by atoms with van der Waals surface area (Å²) in [6.07, 6.45) is 2.48. The number of aliphatic hydroxyl groups excluding tert-OH is 1. The van der Waals surface area contributed by atoms with Crippen LogP contribution in [0.1, 0.15) is 40.5 Å². The van der Waals surface area contributed by atoms with E-state index in [9.17, 15) is 5.11 Å². The van der Waals surface area contributed by atoms with Crippen LogP contribution in [0.2, 0.25) is 0 Å². The van der Waals surface area contributed by atoms with Gasteiger partial charge in [-0.1, -0.05) is 6.92 Å². The minimum Gasteiger partial charge on any atom is -0.395 e. The van der Waals surface area contributed by atoms with E-state index < -0.39 is 0 Å². The van der Waals surface area contributed by atoms with Crippen LogP contribution in [-0.4, -0.2) is 48.0 Å². The molecular formula is C13H27NO2. The second-order valence-corrected chi connectivity index (χ2v) is 5.87. The molecule has 1 saturated heterocycles. The van der Waals surface area contributed by atoms with Crippen LogP contribution in [0.4, 0.5) is 0 Å². The highest BCUT2D eigenvalue weighted by atomic mass is 16.5. The molecule has 0 amide bonds. The van der Waals surface area contributed by atoms with Crippen molar-refractivity contribution in [3.63, 3.8) is 0 Å². The third kappa shape index (κ3) is 4.40. The highest BCUT2D eigenvalue weighted by molar-refractivity contribution is 4.81. The second kappa shape index (κ2) is 5.99. The predicted molar refractivity (Wildman–Crippen MR) is 66.5 cm³/mol. The van der Waals surface area contributed by atoms with E-state index in [0.717, 1.165) is 19.7 Å². The third-order valence-corrected chi connectivity index (χ3v) is 3.33. The van der Waals surface area contributed by atoms with Crippen LogP contribution in [0.5, 0.6) is 0 Å². The second-order valence-electron chi connectivity index (χ2n) is 5.87. The van der Waals surface area contributed by atoms with Crippen molar-refractivity contribution in [2.75, 3.05) is 26.3 Å². The Morgan fingerprint density at radius 2 is 2.06 bits per heavy atom. The van der Waals surface area contributed by atoms with Gasteiger partial charge in [0.25, 0.3) is 0 Å². The molecule has 0 bridgehead atoms. The molecule has 0 radical (unpaired) electrons. The van der Waals surface area contributed by atoms with E-state index in [1.54, 1.807) is 0 Å². The first-order chi connectivity index (χ1) is 7.44. The number of nitrogens with zero attached hydrogens (tertiary/aromatic N) is 1. The van der Waals surface area contributed by atoms with E-state index in [0.29, 0.717) is 12.0 Å². The number of likely N-dealkylation sites (tertiary alicyclic amines) is 1. The lowest BCUT2D eigenvalue weighted by molar-refractivity contribution is -0.0316. The fourth-order valence-corrected chi connectivity index (χ4v) is 2.38. The van der Waals surface area contributed by atoms with Gasteiger partial charge in [0.05, 0.1) is 18.8 Å². The average Bonchev–Trinajstić information content (AvgIpc) is 2.16. The molecule has 2 atom stereocenters. The summed E-state index contributed by atoms with van der Waals surface area (Å²) >= 11 is 0. The lowest BCUT2D eigenvalue weighted by Gasteiger charge is -2.39. The standard InChI is InChI=1S/C13H27NO2/c1-11-6-5-7-14(12(11)10-15)8-9-16-13(2,3)4/h11-12,15H,5-10H2,1-4H3/t11-,12+/m0/s1. The summed E-state index contributed by atoms with van der Waals surface area (Å²) in [5.41, 5.74) is -0.0594. The van der Waals surface area contributed by atoms with E-state index >= 15 is 0 Å². The molecule has 1 aliphatic heterocycles. The molecule has 0 spiro atoms. The van der Waals surface area contributed by atoms with E-state index in [-0.39, 0.29) is 12.2 Å². The van der Waals surface area contributed by atoms with Gasteiger partial charge in [-0.15, -0.1) is 0 Å². The van der Waals surface area contributed by atoms with Gasteiger partial charge in [0.2, 0.25) is 0 Å². The first-order valence-electron chi connectivity index (χ1n) is 6.43. The van der Waals surface area contributed by atoms with Crippen molar-refractivity contribution in [2.45, 2.75) is 52.2 Å². The van der Waals surface area contributed by atoms with Gasteiger partial charge in [0, 0.05) is 12.6 Å². The number of aliphatic hydroxyl groups is 1. The number of piperidine rings is 1. The molecule has 3 heteroatoms. The van der Waals surface area contributed by atoms with Gasteiger partial charge >= 0.3 is 0 Å².